The molecular formula is C13H13BrF4N2S. The molecule has 21 heavy (non-hydrogen) atoms. The first-order valence-corrected chi connectivity index (χ1v) is 7.51. The highest BCUT2D eigenvalue weighted by molar-refractivity contribution is 9.10. The number of rotatable bonds is 2. The fourth-order valence-corrected chi connectivity index (χ4v) is 3.29. The molecule has 2 rings (SSSR count). The standard InChI is InChI=1S/C13H13BrF4N2S/c14-10-8(12(19)21)3-4-9(11(10)15)20-5-1-2-7(6-20)13(16,17)18/h3-4,7H,1-2,5-6H2,(H2,19,21). The summed E-state index contributed by atoms with van der Waals surface area (Å²) in [5.41, 5.74) is 5.93. The summed E-state index contributed by atoms with van der Waals surface area (Å²) < 4.78 is 52.9. The topological polar surface area (TPSA) is 29.3 Å². The minimum absolute atomic E-state index is 0.0270. The number of benzene rings is 1. The fraction of sp³-hybridized carbons (Fsp3) is 0.462. The Morgan fingerprint density at radius 3 is 2.62 bits per heavy atom. The van der Waals surface area contributed by atoms with Gasteiger partial charge in [0.2, 0.25) is 0 Å². The van der Waals surface area contributed by atoms with Crippen molar-refractivity contribution in [2.24, 2.45) is 11.7 Å². The van der Waals surface area contributed by atoms with Crippen LogP contribution < -0.4 is 10.6 Å². The Morgan fingerprint density at radius 1 is 1.38 bits per heavy atom. The second-order valence-corrected chi connectivity index (χ2v) is 6.18. The molecule has 0 amide bonds. The van der Waals surface area contributed by atoms with Crippen LogP contribution in [0.4, 0.5) is 23.2 Å². The van der Waals surface area contributed by atoms with Gasteiger partial charge in [0, 0.05) is 18.7 Å². The number of nitrogens with two attached hydrogens (primary N) is 1. The molecule has 0 bridgehead atoms. The third-order valence-electron chi connectivity index (χ3n) is 3.55. The van der Waals surface area contributed by atoms with Crippen LogP contribution in [0.5, 0.6) is 0 Å². The molecule has 0 spiro atoms. The molecule has 1 heterocycles. The summed E-state index contributed by atoms with van der Waals surface area (Å²) in [7, 11) is 0. The lowest BCUT2D eigenvalue weighted by Crippen LogP contribution is -2.42. The van der Waals surface area contributed by atoms with Crippen LogP contribution in [0.3, 0.4) is 0 Å². The minimum atomic E-state index is -4.26. The number of thiocarbonyl (C=S) groups is 1. The predicted molar refractivity (Wildman–Crippen MR) is 81.0 cm³/mol. The third kappa shape index (κ3) is 3.48. The third-order valence-corrected chi connectivity index (χ3v) is 4.55. The average Bonchev–Trinajstić information content (AvgIpc) is 2.40. The smallest absolute Gasteiger partial charge is 0.389 e. The normalized spacial score (nSPS) is 19.7. The van der Waals surface area contributed by atoms with Gasteiger partial charge in [-0.1, -0.05) is 12.2 Å². The van der Waals surface area contributed by atoms with Gasteiger partial charge in [-0.25, -0.2) is 4.39 Å². The van der Waals surface area contributed by atoms with Crippen molar-refractivity contribution in [1.82, 2.24) is 0 Å². The number of piperidine rings is 1. The Labute approximate surface area is 133 Å². The van der Waals surface area contributed by atoms with Crippen molar-refractivity contribution in [3.05, 3.63) is 28.0 Å². The number of hydrogen-bond donors (Lipinski definition) is 1. The maximum Gasteiger partial charge on any atom is 0.393 e. The number of halogens is 5. The van der Waals surface area contributed by atoms with Crippen LogP contribution in [0.2, 0.25) is 0 Å². The Morgan fingerprint density at radius 2 is 2.05 bits per heavy atom. The average molecular weight is 385 g/mol. The van der Waals surface area contributed by atoms with E-state index in [0.717, 1.165) is 0 Å². The van der Waals surface area contributed by atoms with Crippen molar-refractivity contribution in [3.63, 3.8) is 0 Å². The van der Waals surface area contributed by atoms with E-state index >= 15 is 0 Å². The second-order valence-electron chi connectivity index (χ2n) is 4.95. The number of anilines is 1. The van der Waals surface area contributed by atoms with Gasteiger partial charge in [-0.15, -0.1) is 0 Å². The molecule has 2 nitrogen and oxygen atoms in total. The van der Waals surface area contributed by atoms with Gasteiger partial charge < -0.3 is 10.6 Å². The maximum atomic E-state index is 14.3. The van der Waals surface area contributed by atoms with E-state index in [9.17, 15) is 17.6 Å². The van der Waals surface area contributed by atoms with Crippen LogP contribution in [0.1, 0.15) is 18.4 Å². The van der Waals surface area contributed by atoms with Gasteiger partial charge in [-0.2, -0.15) is 13.2 Å². The fourth-order valence-electron chi connectivity index (χ4n) is 2.44. The second kappa shape index (κ2) is 6.08. The molecule has 1 atom stereocenters. The zero-order valence-electron chi connectivity index (χ0n) is 10.9. The lowest BCUT2D eigenvalue weighted by molar-refractivity contribution is -0.176. The monoisotopic (exact) mass is 384 g/mol. The van der Waals surface area contributed by atoms with Crippen LogP contribution in [-0.2, 0) is 0 Å². The van der Waals surface area contributed by atoms with E-state index in [1.54, 1.807) is 0 Å². The van der Waals surface area contributed by atoms with E-state index in [-0.39, 0.29) is 28.1 Å². The molecular weight excluding hydrogens is 372 g/mol. The number of nitrogens with zero attached hydrogens (tertiary/aromatic N) is 1. The summed E-state index contributed by atoms with van der Waals surface area (Å²) in [5, 5.41) is 0. The lowest BCUT2D eigenvalue weighted by atomic mass is 9.97. The molecule has 0 aliphatic carbocycles. The van der Waals surface area contributed by atoms with Crippen molar-refractivity contribution < 1.29 is 17.6 Å². The van der Waals surface area contributed by atoms with Gasteiger partial charge in [0.1, 0.15) is 4.99 Å². The first kappa shape index (κ1) is 16.5. The van der Waals surface area contributed by atoms with Crippen molar-refractivity contribution in [2.75, 3.05) is 18.0 Å². The molecule has 1 aliphatic heterocycles. The van der Waals surface area contributed by atoms with Crippen LogP contribution in [-0.4, -0.2) is 24.3 Å². The SMILES string of the molecule is NC(=S)c1ccc(N2CCCC(C(F)(F)F)C2)c(F)c1Br. The van der Waals surface area contributed by atoms with Gasteiger partial charge in [-0.3, -0.25) is 0 Å². The zero-order valence-corrected chi connectivity index (χ0v) is 13.3. The Balaban J connectivity index is 2.30. The molecule has 0 aromatic heterocycles. The van der Waals surface area contributed by atoms with Gasteiger partial charge in [0.05, 0.1) is 16.1 Å². The van der Waals surface area contributed by atoms with Gasteiger partial charge in [0.15, 0.2) is 5.82 Å². The highest BCUT2D eigenvalue weighted by Gasteiger charge is 2.42. The van der Waals surface area contributed by atoms with Crippen LogP contribution in [0.25, 0.3) is 0 Å². The molecule has 0 radical (unpaired) electrons. The summed E-state index contributed by atoms with van der Waals surface area (Å²) in [5.74, 6) is -2.07. The van der Waals surface area contributed by atoms with E-state index in [1.165, 1.54) is 17.0 Å². The predicted octanol–water partition coefficient (Wildman–Crippen LogP) is 4.00. The van der Waals surface area contributed by atoms with Gasteiger partial charge in [-0.05, 0) is 40.9 Å². The Hall–Kier alpha value is -0.890. The quantitative estimate of drug-likeness (QED) is 0.617. The molecule has 1 aromatic rings. The van der Waals surface area contributed by atoms with Crippen molar-refractivity contribution in [3.8, 4) is 0 Å². The van der Waals surface area contributed by atoms with Crippen molar-refractivity contribution >= 4 is 38.8 Å². The number of hydrogen-bond acceptors (Lipinski definition) is 2. The van der Waals surface area contributed by atoms with Crippen molar-refractivity contribution in [2.45, 2.75) is 19.0 Å². The molecule has 2 N–H and O–H groups in total. The Kier molecular flexibility index (Phi) is 4.77. The zero-order chi connectivity index (χ0) is 15.8. The highest BCUT2D eigenvalue weighted by atomic mass is 79.9. The molecule has 116 valence electrons. The van der Waals surface area contributed by atoms with Crippen LogP contribution in [0, 0.1) is 11.7 Å². The Bertz CT molecular complexity index is 562. The first-order valence-electron chi connectivity index (χ1n) is 6.31. The minimum Gasteiger partial charge on any atom is -0.389 e. The molecule has 1 aromatic carbocycles. The van der Waals surface area contributed by atoms with Crippen LogP contribution in [0.15, 0.2) is 16.6 Å². The summed E-state index contributed by atoms with van der Waals surface area (Å²) in [6, 6.07) is 2.94. The summed E-state index contributed by atoms with van der Waals surface area (Å²) >= 11 is 7.86. The van der Waals surface area contributed by atoms with E-state index in [2.05, 4.69) is 15.9 Å². The molecule has 1 saturated heterocycles. The van der Waals surface area contributed by atoms with Crippen molar-refractivity contribution in [1.29, 1.82) is 0 Å². The molecule has 0 saturated carbocycles. The van der Waals surface area contributed by atoms with E-state index in [0.29, 0.717) is 18.5 Å². The summed E-state index contributed by atoms with van der Waals surface area (Å²) in [4.78, 5) is 1.45. The summed E-state index contributed by atoms with van der Waals surface area (Å²) in [6.07, 6.45) is -3.81. The van der Waals surface area contributed by atoms with E-state index in [1.807, 2.05) is 0 Å². The molecule has 1 unspecified atom stereocenters. The highest BCUT2D eigenvalue weighted by Crippen LogP contribution is 2.37. The maximum absolute atomic E-state index is 14.3. The van der Waals surface area contributed by atoms with E-state index in [4.69, 9.17) is 18.0 Å². The molecule has 1 aliphatic rings. The molecule has 8 heteroatoms. The van der Waals surface area contributed by atoms with Gasteiger partial charge >= 0.3 is 6.18 Å². The van der Waals surface area contributed by atoms with E-state index < -0.39 is 17.9 Å². The summed E-state index contributed by atoms with van der Waals surface area (Å²) in [6.45, 7) is 0.154. The number of alkyl halides is 3. The van der Waals surface area contributed by atoms with Gasteiger partial charge in [0.25, 0.3) is 0 Å². The molecule has 1 fully saturated rings. The van der Waals surface area contributed by atoms with Crippen LogP contribution >= 0.6 is 28.1 Å². The lowest BCUT2D eigenvalue weighted by Gasteiger charge is -2.35. The largest absolute Gasteiger partial charge is 0.393 e. The first-order chi connectivity index (χ1) is 9.71.